The van der Waals surface area contributed by atoms with E-state index in [0.717, 1.165) is 24.5 Å². The zero-order valence-corrected chi connectivity index (χ0v) is 13.3. The van der Waals surface area contributed by atoms with Crippen LogP contribution in [-0.4, -0.2) is 15.6 Å². The number of ketones is 1. The van der Waals surface area contributed by atoms with Crippen molar-refractivity contribution < 1.29 is 4.79 Å². The summed E-state index contributed by atoms with van der Waals surface area (Å²) in [7, 11) is 0. The Labute approximate surface area is 128 Å². The molecule has 1 aromatic rings. The molecule has 3 rings (SSSR count). The molecule has 0 spiro atoms. The summed E-state index contributed by atoms with van der Waals surface area (Å²) in [6.07, 6.45) is 13.7. The second kappa shape index (κ2) is 6.76. The van der Waals surface area contributed by atoms with E-state index < -0.39 is 0 Å². The highest BCUT2D eigenvalue weighted by Crippen LogP contribution is 2.32. The van der Waals surface area contributed by atoms with Crippen LogP contribution in [0.4, 0.5) is 0 Å². The first-order valence-electron chi connectivity index (χ1n) is 8.83. The Morgan fingerprint density at radius 2 is 1.90 bits per heavy atom. The van der Waals surface area contributed by atoms with E-state index in [1.807, 2.05) is 6.07 Å². The number of hydrogen-bond acceptors (Lipinski definition) is 2. The van der Waals surface area contributed by atoms with Gasteiger partial charge in [0.25, 0.3) is 0 Å². The van der Waals surface area contributed by atoms with Crippen LogP contribution >= 0.6 is 0 Å². The van der Waals surface area contributed by atoms with Crippen molar-refractivity contribution in [3.8, 4) is 0 Å². The second-order valence-corrected chi connectivity index (χ2v) is 6.99. The summed E-state index contributed by atoms with van der Waals surface area (Å²) in [5, 5.41) is 4.65. The average Bonchev–Trinajstić information content (AvgIpc) is 3.18. The lowest BCUT2D eigenvalue weighted by Gasteiger charge is -2.26. The fraction of sp³-hybridized carbons (Fsp3) is 0.778. The van der Waals surface area contributed by atoms with Crippen LogP contribution < -0.4 is 0 Å². The number of carbonyl (C=O) groups excluding carboxylic acids is 1. The third-order valence-corrected chi connectivity index (χ3v) is 5.60. The highest BCUT2D eigenvalue weighted by molar-refractivity contribution is 5.82. The monoisotopic (exact) mass is 288 g/mol. The van der Waals surface area contributed by atoms with Gasteiger partial charge in [0, 0.05) is 12.1 Å². The van der Waals surface area contributed by atoms with E-state index in [2.05, 4.69) is 22.9 Å². The summed E-state index contributed by atoms with van der Waals surface area (Å²) in [6.45, 7) is 2.27. The maximum absolute atomic E-state index is 12.4. The lowest BCUT2D eigenvalue weighted by atomic mass is 9.78. The zero-order chi connectivity index (χ0) is 14.7. The van der Waals surface area contributed by atoms with Gasteiger partial charge in [-0.15, -0.1) is 0 Å². The molecule has 2 aliphatic rings. The van der Waals surface area contributed by atoms with Crippen LogP contribution in [0, 0.1) is 11.8 Å². The Balaban J connectivity index is 1.53. The van der Waals surface area contributed by atoms with Gasteiger partial charge < -0.3 is 0 Å². The Bertz CT molecular complexity index is 465. The van der Waals surface area contributed by atoms with E-state index in [-0.39, 0.29) is 0 Å². The topological polar surface area (TPSA) is 34.9 Å². The van der Waals surface area contributed by atoms with Crippen LogP contribution in [0.15, 0.2) is 12.3 Å². The normalized spacial score (nSPS) is 27.1. The van der Waals surface area contributed by atoms with Crippen LogP contribution in [0.1, 0.15) is 76.4 Å². The van der Waals surface area contributed by atoms with Gasteiger partial charge in [-0.3, -0.25) is 9.48 Å². The van der Waals surface area contributed by atoms with Gasteiger partial charge in [0.1, 0.15) is 5.78 Å². The molecule has 116 valence electrons. The molecule has 0 bridgehead atoms. The van der Waals surface area contributed by atoms with Gasteiger partial charge in [0.2, 0.25) is 0 Å². The Morgan fingerprint density at radius 3 is 2.57 bits per heavy atom. The van der Waals surface area contributed by atoms with Crippen LogP contribution in [0.25, 0.3) is 0 Å². The van der Waals surface area contributed by atoms with Gasteiger partial charge in [0.15, 0.2) is 0 Å². The molecule has 3 nitrogen and oxygen atoms in total. The predicted octanol–water partition coefficient (Wildman–Crippen LogP) is 4.33. The minimum absolute atomic E-state index is 0.296. The molecule has 1 aromatic heterocycles. The van der Waals surface area contributed by atoms with Crippen LogP contribution in [0.5, 0.6) is 0 Å². The van der Waals surface area contributed by atoms with Crippen molar-refractivity contribution in [3.05, 3.63) is 18.0 Å². The lowest BCUT2D eigenvalue weighted by molar-refractivity contribution is -0.123. The molecular formula is C18H28N2O. The van der Waals surface area contributed by atoms with E-state index in [1.54, 1.807) is 0 Å². The predicted molar refractivity (Wildman–Crippen MR) is 84.2 cm³/mol. The average molecular weight is 288 g/mol. The summed E-state index contributed by atoms with van der Waals surface area (Å²) >= 11 is 0. The second-order valence-electron chi connectivity index (χ2n) is 6.99. The van der Waals surface area contributed by atoms with E-state index in [4.69, 9.17) is 0 Å². The Hall–Kier alpha value is -1.12. The van der Waals surface area contributed by atoms with Crippen molar-refractivity contribution in [2.24, 2.45) is 11.8 Å². The van der Waals surface area contributed by atoms with Gasteiger partial charge in [-0.2, -0.15) is 5.10 Å². The molecule has 1 heterocycles. The molecule has 2 saturated carbocycles. The molecule has 3 heteroatoms. The maximum Gasteiger partial charge on any atom is 0.141 e. The summed E-state index contributed by atoms with van der Waals surface area (Å²) in [5.41, 5.74) is 0.976. The SMILES string of the molecule is CCC1CCC(C(=O)Cc2ccn(C3CCCC3)n2)CC1. The van der Waals surface area contributed by atoms with Crippen molar-refractivity contribution in [1.82, 2.24) is 9.78 Å². The molecule has 21 heavy (non-hydrogen) atoms. The fourth-order valence-electron chi connectivity index (χ4n) is 4.06. The van der Waals surface area contributed by atoms with Crippen LogP contribution in [0.3, 0.4) is 0 Å². The lowest BCUT2D eigenvalue weighted by Crippen LogP contribution is -2.23. The van der Waals surface area contributed by atoms with E-state index >= 15 is 0 Å². The summed E-state index contributed by atoms with van der Waals surface area (Å²) in [4.78, 5) is 12.4. The van der Waals surface area contributed by atoms with Crippen molar-refractivity contribution >= 4 is 5.78 Å². The van der Waals surface area contributed by atoms with E-state index in [1.165, 1.54) is 44.9 Å². The van der Waals surface area contributed by atoms with Gasteiger partial charge >= 0.3 is 0 Å². The number of rotatable bonds is 5. The minimum Gasteiger partial charge on any atom is -0.299 e. The minimum atomic E-state index is 0.296. The number of hydrogen-bond donors (Lipinski definition) is 0. The largest absolute Gasteiger partial charge is 0.299 e. The Morgan fingerprint density at radius 1 is 1.19 bits per heavy atom. The van der Waals surface area contributed by atoms with Crippen molar-refractivity contribution in [2.75, 3.05) is 0 Å². The van der Waals surface area contributed by atoms with Crippen molar-refractivity contribution in [2.45, 2.75) is 77.2 Å². The number of nitrogens with zero attached hydrogens (tertiary/aromatic N) is 2. The van der Waals surface area contributed by atoms with Gasteiger partial charge in [-0.25, -0.2) is 0 Å². The summed E-state index contributed by atoms with van der Waals surface area (Å²) in [6, 6.07) is 2.63. The maximum atomic E-state index is 12.4. The molecular weight excluding hydrogens is 260 g/mol. The summed E-state index contributed by atoms with van der Waals surface area (Å²) < 4.78 is 2.10. The van der Waals surface area contributed by atoms with Gasteiger partial charge in [-0.1, -0.05) is 26.2 Å². The van der Waals surface area contributed by atoms with Crippen molar-refractivity contribution in [1.29, 1.82) is 0 Å². The molecule has 0 atom stereocenters. The number of aromatic nitrogens is 2. The standard InChI is InChI=1S/C18H28N2O/c1-2-14-7-9-15(10-8-14)18(21)13-16-11-12-20(19-16)17-5-3-4-6-17/h11-12,14-15,17H,2-10,13H2,1H3. The van der Waals surface area contributed by atoms with Gasteiger partial charge in [-0.05, 0) is 50.5 Å². The van der Waals surface area contributed by atoms with E-state index in [0.29, 0.717) is 24.2 Å². The zero-order valence-electron chi connectivity index (χ0n) is 13.3. The highest BCUT2D eigenvalue weighted by Gasteiger charge is 2.26. The highest BCUT2D eigenvalue weighted by atomic mass is 16.1. The first-order chi connectivity index (χ1) is 10.3. The number of Topliss-reactive ketones (excluding diaryl/α,β-unsaturated/α-hetero) is 1. The molecule has 0 aromatic carbocycles. The number of carbonyl (C=O) groups is 1. The molecule has 0 amide bonds. The smallest absolute Gasteiger partial charge is 0.141 e. The first-order valence-corrected chi connectivity index (χ1v) is 8.83. The molecule has 0 N–H and O–H groups in total. The van der Waals surface area contributed by atoms with Crippen LogP contribution in [0.2, 0.25) is 0 Å². The van der Waals surface area contributed by atoms with Crippen molar-refractivity contribution in [3.63, 3.8) is 0 Å². The molecule has 2 aliphatic carbocycles. The van der Waals surface area contributed by atoms with Crippen LogP contribution in [-0.2, 0) is 11.2 Å². The molecule has 0 saturated heterocycles. The first kappa shape index (κ1) is 14.8. The molecule has 2 fully saturated rings. The van der Waals surface area contributed by atoms with E-state index in [9.17, 15) is 4.79 Å². The third kappa shape index (κ3) is 3.56. The molecule has 0 unspecified atom stereocenters. The Kier molecular flexibility index (Phi) is 4.77. The molecule has 0 radical (unpaired) electrons. The summed E-state index contributed by atoms with van der Waals surface area (Å²) in [5.74, 6) is 1.57. The molecule has 0 aliphatic heterocycles. The quantitative estimate of drug-likeness (QED) is 0.808. The van der Waals surface area contributed by atoms with Gasteiger partial charge in [0.05, 0.1) is 18.2 Å². The fourth-order valence-corrected chi connectivity index (χ4v) is 4.06. The third-order valence-electron chi connectivity index (χ3n) is 5.60.